The maximum atomic E-state index is 5.24. The summed E-state index contributed by atoms with van der Waals surface area (Å²) in [5.41, 5.74) is 10.1. The molecule has 4 heteroatoms. The molecule has 0 N–H and O–H groups in total. The van der Waals surface area contributed by atoms with E-state index in [1.54, 1.807) is 11.3 Å². The third-order valence-corrected chi connectivity index (χ3v) is 8.70. The summed E-state index contributed by atoms with van der Waals surface area (Å²) in [5.74, 6) is 0. The van der Waals surface area contributed by atoms with Crippen LogP contribution in [0.1, 0.15) is 52.8 Å². The van der Waals surface area contributed by atoms with Gasteiger partial charge >= 0.3 is 0 Å². The summed E-state index contributed by atoms with van der Waals surface area (Å²) in [6.45, 7) is 8.69. The molecule has 0 spiro atoms. The second-order valence-electron chi connectivity index (χ2n) is 10.4. The quantitative estimate of drug-likeness (QED) is 0.205. The topological polar surface area (TPSA) is 17.3 Å². The highest BCUT2D eigenvalue weighted by Crippen LogP contribution is 2.50. The summed E-state index contributed by atoms with van der Waals surface area (Å²) in [4.78, 5) is 6.28. The number of hydrogen-bond donors (Lipinski definition) is 0. The Morgan fingerprint density at radius 1 is 0.757 bits per heavy atom. The lowest BCUT2D eigenvalue weighted by molar-refractivity contribution is 0.290. The van der Waals surface area contributed by atoms with Gasteiger partial charge < -0.3 is 0 Å². The number of aryl methyl sites for hydroxylation is 4. The van der Waals surface area contributed by atoms with Crippen LogP contribution < -0.4 is 4.80 Å². The number of halogens is 1. The summed E-state index contributed by atoms with van der Waals surface area (Å²) >= 11 is 1.76. The van der Waals surface area contributed by atoms with Gasteiger partial charge in [-0.3, -0.25) is 4.57 Å². The van der Waals surface area contributed by atoms with E-state index in [1.807, 2.05) is 0 Å². The Hall–Kier alpha value is -2.95. The van der Waals surface area contributed by atoms with Crippen molar-refractivity contribution in [2.24, 2.45) is 4.99 Å². The molecule has 6 rings (SSSR count). The van der Waals surface area contributed by atoms with E-state index in [9.17, 15) is 0 Å². The fourth-order valence-electron chi connectivity index (χ4n) is 5.75. The largest absolute Gasteiger partial charge is 0.288 e. The fraction of sp³-hybridized carbons (Fsp3) is 0.242. The van der Waals surface area contributed by atoms with Gasteiger partial charge in [-0.25, -0.2) is 4.99 Å². The number of aromatic nitrogens is 1. The summed E-state index contributed by atoms with van der Waals surface area (Å²) in [5, 5.41) is 4.99. The van der Waals surface area contributed by atoms with Crippen LogP contribution in [-0.2, 0) is 5.41 Å². The van der Waals surface area contributed by atoms with Gasteiger partial charge in [0, 0.05) is 16.5 Å². The lowest BCUT2D eigenvalue weighted by Crippen LogP contribution is -2.38. The lowest BCUT2D eigenvalue weighted by atomic mass is 9.62. The van der Waals surface area contributed by atoms with Crippen molar-refractivity contribution in [2.45, 2.75) is 52.4 Å². The summed E-state index contributed by atoms with van der Waals surface area (Å²) in [6.07, 6.45) is 3.57. The zero-order valence-corrected chi connectivity index (χ0v) is 24.4. The van der Waals surface area contributed by atoms with E-state index in [0.717, 1.165) is 23.3 Å². The van der Waals surface area contributed by atoms with Crippen LogP contribution in [-0.4, -0.2) is 4.57 Å². The summed E-state index contributed by atoms with van der Waals surface area (Å²) in [7, 11) is 0. The van der Waals surface area contributed by atoms with Crippen molar-refractivity contribution >= 4 is 44.8 Å². The van der Waals surface area contributed by atoms with Crippen molar-refractivity contribution in [3.63, 3.8) is 0 Å². The van der Waals surface area contributed by atoms with Gasteiger partial charge in [-0.15, -0.1) is 28.3 Å². The molecule has 2 nitrogen and oxygen atoms in total. The van der Waals surface area contributed by atoms with Crippen molar-refractivity contribution in [3.8, 4) is 5.69 Å². The molecule has 188 valence electrons. The SMILES string of the molecule is Br.Cc1ccc(/N=c2/scc(C3(c4ccc5ccccc5c4)CCC3)n2-c2ccc(C)cc2C)c(C)c1. The standard InChI is InChI=1S/C33H32N2S.BrH/c1-22-10-14-29(24(3)18-22)34-32-35(30-15-11-23(2)19-25(30)4)31(21-36-32)33(16-7-17-33)28-13-12-26-8-5-6-9-27(26)20-28;/h5-6,8-15,18-21H,7,16-17H2,1-4H3;1H/b34-32+;. The van der Waals surface area contributed by atoms with Gasteiger partial charge in [-0.05, 0) is 80.1 Å². The Morgan fingerprint density at radius 2 is 1.46 bits per heavy atom. The molecule has 1 aliphatic carbocycles. The van der Waals surface area contributed by atoms with E-state index < -0.39 is 0 Å². The van der Waals surface area contributed by atoms with E-state index in [1.165, 1.54) is 56.4 Å². The van der Waals surface area contributed by atoms with Crippen LogP contribution in [0.2, 0.25) is 0 Å². The smallest absolute Gasteiger partial charge is 0.194 e. The van der Waals surface area contributed by atoms with Gasteiger partial charge in [0.2, 0.25) is 0 Å². The number of hydrogen-bond acceptors (Lipinski definition) is 2. The molecule has 1 aliphatic rings. The molecular weight excluding hydrogens is 536 g/mol. The van der Waals surface area contributed by atoms with Crippen molar-refractivity contribution in [1.82, 2.24) is 4.57 Å². The predicted molar refractivity (Wildman–Crippen MR) is 163 cm³/mol. The van der Waals surface area contributed by atoms with E-state index in [-0.39, 0.29) is 22.4 Å². The van der Waals surface area contributed by atoms with Gasteiger partial charge in [0.05, 0.1) is 11.4 Å². The first-order valence-corrected chi connectivity index (χ1v) is 13.7. The van der Waals surface area contributed by atoms with Gasteiger partial charge in [0.25, 0.3) is 0 Å². The minimum atomic E-state index is 0. The van der Waals surface area contributed by atoms with Crippen LogP contribution in [0.25, 0.3) is 16.5 Å². The van der Waals surface area contributed by atoms with E-state index in [4.69, 9.17) is 4.99 Å². The third-order valence-electron chi connectivity index (χ3n) is 7.87. The molecule has 4 aromatic carbocycles. The Balaban J connectivity index is 0.00000280. The van der Waals surface area contributed by atoms with Crippen LogP contribution in [0.3, 0.4) is 0 Å². The maximum absolute atomic E-state index is 5.24. The van der Waals surface area contributed by atoms with Gasteiger partial charge in [0.15, 0.2) is 4.80 Å². The Bertz CT molecular complexity index is 1670. The van der Waals surface area contributed by atoms with Gasteiger partial charge in [0.1, 0.15) is 0 Å². The highest BCUT2D eigenvalue weighted by molar-refractivity contribution is 8.93. The summed E-state index contributed by atoms with van der Waals surface area (Å²) in [6, 6.07) is 29.1. The molecule has 37 heavy (non-hydrogen) atoms. The zero-order valence-electron chi connectivity index (χ0n) is 21.9. The Labute approximate surface area is 234 Å². The van der Waals surface area contributed by atoms with E-state index in [0.29, 0.717) is 0 Å². The number of thiazole rings is 1. The highest BCUT2D eigenvalue weighted by Gasteiger charge is 2.43. The second kappa shape index (κ2) is 10.1. The van der Waals surface area contributed by atoms with Crippen molar-refractivity contribution in [3.05, 3.63) is 123 Å². The number of rotatable bonds is 4. The molecule has 1 heterocycles. The van der Waals surface area contributed by atoms with Crippen LogP contribution in [0.4, 0.5) is 5.69 Å². The van der Waals surface area contributed by atoms with Crippen LogP contribution in [0.5, 0.6) is 0 Å². The monoisotopic (exact) mass is 568 g/mol. The number of benzene rings is 4. The molecule has 5 aromatic rings. The molecule has 1 aromatic heterocycles. The first-order valence-electron chi connectivity index (χ1n) is 12.8. The lowest BCUT2D eigenvalue weighted by Gasteiger charge is -2.43. The number of fused-ring (bicyclic) bond motifs is 1. The third kappa shape index (κ3) is 4.51. The highest BCUT2D eigenvalue weighted by atomic mass is 79.9. The predicted octanol–water partition coefficient (Wildman–Crippen LogP) is 9.21. The molecule has 0 unspecified atom stereocenters. The van der Waals surface area contributed by atoms with E-state index >= 15 is 0 Å². The molecule has 0 amide bonds. The average molecular weight is 570 g/mol. The van der Waals surface area contributed by atoms with E-state index in [2.05, 4.69) is 117 Å². The molecule has 1 saturated carbocycles. The normalized spacial score (nSPS) is 14.9. The number of nitrogens with zero attached hydrogens (tertiary/aromatic N) is 2. The maximum Gasteiger partial charge on any atom is 0.194 e. The minimum absolute atomic E-state index is 0. The van der Waals surface area contributed by atoms with Crippen molar-refractivity contribution < 1.29 is 0 Å². The minimum Gasteiger partial charge on any atom is -0.288 e. The van der Waals surface area contributed by atoms with Crippen LogP contribution in [0, 0.1) is 27.7 Å². The first kappa shape index (κ1) is 25.7. The molecule has 0 atom stereocenters. The molecule has 0 aliphatic heterocycles. The van der Waals surface area contributed by atoms with Crippen molar-refractivity contribution in [1.29, 1.82) is 0 Å². The first-order chi connectivity index (χ1) is 17.4. The van der Waals surface area contributed by atoms with Crippen LogP contribution in [0.15, 0.2) is 89.2 Å². The van der Waals surface area contributed by atoms with Crippen molar-refractivity contribution in [2.75, 3.05) is 0 Å². The van der Waals surface area contributed by atoms with Gasteiger partial charge in [-0.1, -0.05) is 84.3 Å². The zero-order chi connectivity index (χ0) is 24.9. The van der Waals surface area contributed by atoms with Crippen LogP contribution >= 0.6 is 28.3 Å². The Morgan fingerprint density at radius 3 is 2.14 bits per heavy atom. The molecular formula is C33H33BrN2S. The molecule has 0 saturated heterocycles. The Kier molecular flexibility index (Phi) is 6.99. The molecule has 0 radical (unpaired) electrons. The fourth-order valence-corrected chi connectivity index (χ4v) is 6.75. The molecule has 1 fully saturated rings. The second-order valence-corrected chi connectivity index (χ2v) is 11.3. The van der Waals surface area contributed by atoms with Gasteiger partial charge in [-0.2, -0.15) is 0 Å². The average Bonchev–Trinajstić information content (AvgIpc) is 3.23. The molecule has 0 bridgehead atoms. The summed E-state index contributed by atoms with van der Waals surface area (Å²) < 4.78 is 2.45.